The molecule has 0 bridgehead atoms. The van der Waals surface area contributed by atoms with Gasteiger partial charge in [0.15, 0.2) is 11.5 Å². The van der Waals surface area contributed by atoms with Gasteiger partial charge in [0.2, 0.25) is 5.91 Å². The van der Waals surface area contributed by atoms with Gasteiger partial charge >= 0.3 is 0 Å². The molecule has 3 amide bonds. The summed E-state index contributed by atoms with van der Waals surface area (Å²) in [6.07, 6.45) is 1.56. The van der Waals surface area contributed by atoms with E-state index < -0.39 is 11.1 Å². The van der Waals surface area contributed by atoms with Gasteiger partial charge in [-0.05, 0) is 41.1 Å². The molecule has 0 spiro atoms. The van der Waals surface area contributed by atoms with Gasteiger partial charge in [-0.25, -0.2) is 0 Å². The smallest absolute Gasteiger partial charge is 0.294 e. The molecule has 8 nitrogen and oxygen atoms in total. The first kappa shape index (κ1) is 24.1. The molecule has 2 aromatic rings. The third-order valence-corrected chi connectivity index (χ3v) is 6.49. The molecule has 2 fully saturated rings. The fourth-order valence-electron chi connectivity index (χ4n) is 3.53. The number of benzene rings is 2. The minimum Gasteiger partial charge on any atom is -0.493 e. The largest absolute Gasteiger partial charge is 0.493 e. The minimum atomic E-state index is -0.517. The number of hydrogen-bond acceptors (Lipinski definition) is 7. The second-order valence-corrected chi connectivity index (χ2v) is 8.97. The first-order valence-electron chi connectivity index (χ1n) is 10.6. The number of amides is 3. The number of carbonyl (C=O) groups is 3. The van der Waals surface area contributed by atoms with E-state index in [9.17, 15) is 14.4 Å². The van der Waals surface area contributed by atoms with E-state index >= 15 is 0 Å². The van der Waals surface area contributed by atoms with Crippen LogP contribution in [-0.2, 0) is 20.9 Å². The highest BCUT2D eigenvalue weighted by Gasteiger charge is 2.37. The first-order chi connectivity index (χ1) is 16.5. The molecule has 2 heterocycles. The van der Waals surface area contributed by atoms with E-state index in [-0.39, 0.29) is 17.4 Å². The van der Waals surface area contributed by atoms with Crippen LogP contribution in [0.15, 0.2) is 47.4 Å². The van der Waals surface area contributed by atoms with Crippen molar-refractivity contribution in [1.29, 1.82) is 0 Å². The Hall–Kier alpha value is -3.01. The molecule has 0 atom stereocenters. The summed E-state index contributed by atoms with van der Waals surface area (Å²) in [6, 6.07) is 13.0. The van der Waals surface area contributed by atoms with Gasteiger partial charge in [-0.1, -0.05) is 41.9 Å². The van der Waals surface area contributed by atoms with Crippen molar-refractivity contribution in [2.75, 3.05) is 40.0 Å². The van der Waals surface area contributed by atoms with Crippen molar-refractivity contribution < 1.29 is 28.6 Å². The predicted molar refractivity (Wildman–Crippen MR) is 129 cm³/mol. The summed E-state index contributed by atoms with van der Waals surface area (Å²) in [7, 11) is 1.50. The molecule has 0 aromatic heterocycles. The third kappa shape index (κ3) is 5.55. The lowest BCUT2D eigenvalue weighted by Gasteiger charge is -2.28. The normalized spacial score (nSPS) is 17.4. The highest BCUT2D eigenvalue weighted by molar-refractivity contribution is 8.18. The van der Waals surface area contributed by atoms with Crippen LogP contribution in [0.2, 0.25) is 5.02 Å². The Balaban J connectivity index is 1.48. The summed E-state index contributed by atoms with van der Waals surface area (Å²) >= 11 is 7.23. The molecule has 4 rings (SSSR count). The van der Waals surface area contributed by atoms with Gasteiger partial charge in [-0.3, -0.25) is 19.3 Å². The van der Waals surface area contributed by atoms with Gasteiger partial charge in [-0.2, -0.15) is 0 Å². The lowest BCUT2D eigenvalue weighted by molar-refractivity contribution is -0.139. The fourth-order valence-corrected chi connectivity index (χ4v) is 4.64. The van der Waals surface area contributed by atoms with E-state index in [1.165, 1.54) is 7.11 Å². The van der Waals surface area contributed by atoms with Gasteiger partial charge < -0.3 is 19.1 Å². The number of methoxy groups -OCH3 is 1. The van der Waals surface area contributed by atoms with Gasteiger partial charge in [0, 0.05) is 13.1 Å². The van der Waals surface area contributed by atoms with Crippen LogP contribution in [0.4, 0.5) is 4.79 Å². The molecule has 2 aliphatic rings. The zero-order chi connectivity index (χ0) is 24.1. The van der Waals surface area contributed by atoms with E-state index in [0.717, 1.165) is 22.2 Å². The van der Waals surface area contributed by atoms with Crippen molar-refractivity contribution in [2.24, 2.45) is 0 Å². The molecule has 0 unspecified atom stereocenters. The van der Waals surface area contributed by atoms with Crippen LogP contribution in [0.25, 0.3) is 6.08 Å². The van der Waals surface area contributed by atoms with Gasteiger partial charge in [0.25, 0.3) is 11.1 Å². The molecular weight excluding hydrogens is 480 g/mol. The summed E-state index contributed by atoms with van der Waals surface area (Å²) in [6.45, 7) is 1.80. The number of rotatable bonds is 7. The van der Waals surface area contributed by atoms with Gasteiger partial charge in [0.05, 0.1) is 30.3 Å². The first-order valence-corrected chi connectivity index (χ1v) is 11.8. The van der Waals surface area contributed by atoms with Gasteiger partial charge in [-0.15, -0.1) is 0 Å². The van der Waals surface area contributed by atoms with Crippen molar-refractivity contribution in [2.45, 2.75) is 6.61 Å². The Labute approximate surface area is 206 Å². The molecule has 2 saturated heterocycles. The molecule has 178 valence electrons. The van der Waals surface area contributed by atoms with Crippen molar-refractivity contribution in [1.82, 2.24) is 9.80 Å². The minimum absolute atomic E-state index is 0.204. The van der Waals surface area contributed by atoms with E-state index in [1.807, 2.05) is 30.3 Å². The highest BCUT2D eigenvalue weighted by atomic mass is 35.5. The Morgan fingerprint density at radius 1 is 1.18 bits per heavy atom. The van der Waals surface area contributed by atoms with E-state index in [2.05, 4.69) is 0 Å². The Kier molecular flexibility index (Phi) is 7.77. The molecule has 10 heteroatoms. The molecule has 0 radical (unpaired) electrons. The standard InChI is InChI=1S/C24H23ClN2O6S/c1-31-19-12-17(11-18(25)22(19)33-15-16-5-3-2-4-6-16)13-20-23(29)27(24(30)34-20)14-21(28)26-7-9-32-10-8-26/h2-6,11-13H,7-10,14-15H2,1H3/b20-13+. The predicted octanol–water partition coefficient (Wildman–Crippen LogP) is 3.82. The number of imide groups is 1. The van der Waals surface area contributed by atoms with E-state index in [1.54, 1.807) is 23.1 Å². The van der Waals surface area contributed by atoms with Crippen LogP contribution in [0.5, 0.6) is 11.5 Å². The number of thioether (sulfide) groups is 1. The van der Waals surface area contributed by atoms with Crippen molar-refractivity contribution in [3.05, 3.63) is 63.5 Å². The van der Waals surface area contributed by atoms with Crippen LogP contribution < -0.4 is 9.47 Å². The average Bonchev–Trinajstić information content (AvgIpc) is 3.11. The second kappa shape index (κ2) is 10.9. The molecule has 2 aliphatic heterocycles. The average molecular weight is 503 g/mol. The van der Waals surface area contributed by atoms with Crippen LogP contribution >= 0.6 is 23.4 Å². The maximum Gasteiger partial charge on any atom is 0.294 e. The lowest BCUT2D eigenvalue weighted by atomic mass is 10.1. The molecule has 34 heavy (non-hydrogen) atoms. The number of nitrogens with zero attached hydrogens (tertiary/aromatic N) is 2. The maximum absolute atomic E-state index is 12.8. The lowest BCUT2D eigenvalue weighted by Crippen LogP contribution is -2.46. The SMILES string of the molecule is COc1cc(/C=C2/SC(=O)N(CC(=O)N3CCOCC3)C2=O)cc(Cl)c1OCc1ccccc1. The highest BCUT2D eigenvalue weighted by Crippen LogP contribution is 2.39. The molecule has 2 aromatic carbocycles. The number of hydrogen-bond donors (Lipinski definition) is 0. The number of halogens is 1. The maximum atomic E-state index is 12.8. The summed E-state index contributed by atoms with van der Waals surface area (Å²) in [5, 5.41) is -0.179. The summed E-state index contributed by atoms with van der Waals surface area (Å²) < 4.78 is 16.5. The van der Waals surface area contributed by atoms with Crippen LogP contribution in [0.3, 0.4) is 0 Å². The molecule has 0 N–H and O–H groups in total. The van der Waals surface area contributed by atoms with Crippen LogP contribution in [-0.4, -0.2) is 66.8 Å². The number of ether oxygens (including phenoxy) is 3. The molecule has 0 saturated carbocycles. The van der Waals surface area contributed by atoms with Crippen molar-refractivity contribution >= 4 is 46.5 Å². The molecule has 0 aliphatic carbocycles. The second-order valence-electron chi connectivity index (χ2n) is 7.57. The zero-order valence-electron chi connectivity index (χ0n) is 18.5. The summed E-state index contributed by atoms with van der Waals surface area (Å²) in [4.78, 5) is 40.5. The fraction of sp³-hybridized carbons (Fsp3) is 0.292. The zero-order valence-corrected chi connectivity index (χ0v) is 20.1. The number of morpholine rings is 1. The van der Waals surface area contributed by atoms with Gasteiger partial charge in [0.1, 0.15) is 13.2 Å². The topological polar surface area (TPSA) is 85.4 Å². The van der Waals surface area contributed by atoms with E-state index in [0.29, 0.717) is 55.0 Å². The number of carbonyl (C=O) groups excluding carboxylic acids is 3. The molecular formula is C24H23ClN2O6S. The Bertz CT molecular complexity index is 1120. The van der Waals surface area contributed by atoms with Crippen molar-refractivity contribution in [3.8, 4) is 11.5 Å². The summed E-state index contributed by atoms with van der Waals surface area (Å²) in [5.41, 5.74) is 1.55. The summed E-state index contributed by atoms with van der Waals surface area (Å²) in [5.74, 6) is -0.0154. The van der Waals surface area contributed by atoms with Crippen LogP contribution in [0.1, 0.15) is 11.1 Å². The monoisotopic (exact) mass is 502 g/mol. The Morgan fingerprint density at radius 3 is 2.62 bits per heavy atom. The van der Waals surface area contributed by atoms with Crippen molar-refractivity contribution in [3.63, 3.8) is 0 Å². The van der Waals surface area contributed by atoms with Crippen LogP contribution in [0, 0.1) is 0 Å². The van der Waals surface area contributed by atoms with E-state index in [4.69, 9.17) is 25.8 Å². The third-order valence-electron chi connectivity index (χ3n) is 5.31. The Morgan fingerprint density at radius 2 is 1.91 bits per heavy atom. The quantitative estimate of drug-likeness (QED) is 0.532.